The van der Waals surface area contributed by atoms with Gasteiger partial charge in [0.2, 0.25) is 10.0 Å². The van der Waals surface area contributed by atoms with E-state index in [9.17, 15) is 13.2 Å². The van der Waals surface area contributed by atoms with Crippen molar-refractivity contribution in [3.8, 4) is 0 Å². The molecule has 0 radical (unpaired) electrons. The van der Waals surface area contributed by atoms with Gasteiger partial charge in [0.15, 0.2) is 0 Å². The van der Waals surface area contributed by atoms with Gasteiger partial charge in [-0.15, -0.1) is 0 Å². The van der Waals surface area contributed by atoms with Crippen LogP contribution in [0, 0.1) is 0 Å². The molecule has 1 heterocycles. The third-order valence-corrected chi connectivity index (χ3v) is 7.04. The van der Waals surface area contributed by atoms with Gasteiger partial charge in [0.05, 0.1) is 21.3 Å². The molecule has 2 aromatic rings. The van der Waals surface area contributed by atoms with Crippen LogP contribution < -0.4 is 5.32 Å². The average Bonchev–Trinajstić information content (AvgIpc) is 2.65. The van der Waals surface area contributed by atoms with E-state index >= 15 is 0 Å². The summed E-state index contributed by atoms with van der Waals surface area (Å²) in [5, 5.41) is 3.04. The van der Waals surface area contributed by atoms with Crippen molar-refractivity contribution in [1.29, 1.82) is 0 Å². The van der Waals surface area contributed by atoms with Gasteiger partial charge in [0, 0.05) is 13.1 Å². The molecule has 1 aliphatic rings. The van der Waals surface area contributed by atoms with Gasteiger partial charge in [0.1, 0.15) is 4.90 Å². The van der Waals surface area contributed by atoms with Crippen LogP contribution in [0.3, 0.4) is 0 Å². The van der Waals surface area contributed by atoms with E-state index in [-0.39, 0.29) is 26.2 Å². The lowest BCUT2D eigenvalue weighted by Crippen LogP contribution is -2.36. The number of halogens is 2. The van der Waals surface area contributed by atoms with E-state index in [1.807, 2.05) is 0 Å². The fourth-order valence-electron chi connectivity index (χ4n) is 2.91. The fourth-order valence-corrected chi connectivity index (χ4v) is 4.96. The molecular formula is C18H18Cl2N2O3S. The van der Waals surface area contributed by atoms with Crippen LogP contribution >= 0.6 is 23.2 Å². The summed E-state index contributed by atoms with van der Waals surface area (Å²) in [6, 6.07) is 11.1. The summed E-state index contributed by atoms with van der Waals surface area (Å²) >= 11 is 12.0. The number of anilines is 1. The third kappa shape index (κ3) is 3.88. The molecule has 0 spiro atoms. The van der Waals surface area contributed by atoms with Crippen molar-refractivity contribution >= 4 is 44.8 Å². The van der Waals surface area contributed by atoms with Gasteiger partial charge in [0.25, 0.3) is 5.91 Å². The number of carbonyl (C=O) groups excluding carboxylic acids is 1. The first-order chi connectivity index (χ1) is 12.4. The Labute approximate surface area is 163 Å². The summed E-state index contributed by atoms with van der Waals surface area (Å²) in [4.78, 5) is 12.7. The lowest BCUT2D eigenvalue weighted by Gasteiger charge is -2.26. The van der Waals surface area contributed by atoms with Gasteiger partial charge in [-0.3, -0.25) is 4.79 Å². The highest BCUT2D eigenvalue weighted by Gasteiger charge is 2.28. The summed E-state index contributed by atoms with van der Waals surface area (Å²) < 4.78 is 27.4. The number of para-hydroxylation sites is 1. The summed E-state index contributed by atoms with van der Waals surface area (Å²) in [7, 11) is -3.68. The van der Waals surface area contributed by atoms with Crippen LogP contribution in [0.15, 0.2) is 47.4 Å². The largest absolute Gasteiger partial charge is 0.321 e. The van der Waals surface area contributed by atoms with Crippen molar-refractivity contribution in [2.75, 3.05) is 18.4 Å². The molecule has 0 saturated carbocycles. The topological polar surface area (TPSA) is 66.5 Å². The summed E-state index contributed by atoms with van der Waals surface area (Å²) in [6.45, 7) is 0.982. The molecule has 0 unspecified atom stereocenters. The maximum absolute atomic E-state index is 13.0. The molecule has 0 bridgehead atoms. The van der Waals surface area contributed by atoms with Gasteiger partial charge >= 0.3 is 0 Å². The zero-order valence-electron chi connectivity index (χ0n) is 13.9. The zero-order valence-corrected chi connectivity index (χ0v) is 16.2. The van der Waals surface area contributed by atoms with Crippen molar-refractivity contribution in [2.45, 2.75) is 24.2 Å². The first kappa shape index (κ1) is 19.2. The minimum atomic E-state index is -3.68. The third-order valence-electron chi connectivity index (χ3n) is 4.26. The Kier molecular flexibility index (Phi) is 5.87. The lowest BCUT2D eigenvalue weighted by atomic mass is 10.2. The molecule has 5 nitrogen and oxygen atoms in total. The van der Waals surface area contributed by atoms with E-state index in [0.29, 0.717) is 13.1 Å². The van der Waals surface area contributed by atoms with Crippen LogP contribution in [0.25, 0.3) is 0 Å². The molecule has 2 aromatic carbocycles. The Hall–Kier alpha value is -1.60. The number of piperidine rings is 1. The van der Waals surface area contributed by atoms with Gasteiger partial charge in [-0.25, -0.2) is 8.42 Å². The van der Waals surface area contributed by atoms with E-state index in [0.717, 1.165) is 19.3 Å². The Bertz CT molecular complexity index is 926. The molecule has 0 aliphatic carbocycles. The average molecular weight is 413 g/mol. The summed E-state index contributed by atoms with van der Waals surface area (Å²) in [6.07, 6.45) is 2.70. The van der Waals surface area contributed by atoms with E-state index < -0.39 is 15.9 Å². The molecule has 1 fully saturated rings. The van der Waals surface area contributed by atoms with Crippen LogP contribution in [0.1, 0.15) is 29.6 Å². The molecule has 0 atom stereocenters. The highest BCUT2D eigenvalue weighted by Crippen LogP contribution is 2.29. The molecule has 1 N–H and O–H groups in total. The second kappa shape index (κ2) is 7.96. The predicted octanol–water partition coefficient (Wildman–Crippen LogP) is 4.42. The van der Waals surface area contributed by atoms with Crippen molar-refractivity contribution in [2.24, 2.45) is 0 Å². The van der Waals surface area contributed by atoms with Crippen molar-refractivity contribution in [1.82, 2.24) is 4.31 Å². The second-order valence-corrected chi connectivity index (χ2v) is 8.71. The molecule has 8 heteroatoms. The van der Waals surface area contributed by atoms with Crippen LogP contribution in [0.5, 0.6) is 0 Å². The van der Waals surface area contributed by atoms with Gasteiger partial charge in [-0.05, 0) is 37.1 Å². The quantitative estimate of drug-likeness (QED) is 0.807. The van der Waals surface area contributed by atoms with Crippen molar-refractivity contribution in [3.05, 3.63) is 58.1 Å². The van der Waals surface area contributed by atoms with E-state index in [1.54, 1.807) is 30.3 Å². The number of hydrogen-bond donors (Lipinski definition) is 1. The molecular weight excluding hydrogens is 395 g/mol. The minimum Gasteiger partial charge on any atom is -0.321 e. The SMILES string of the molecule is O=C(Nc1ccccc1S(=O)(=O)N1CCCCC1)c1cccc(Cl)c1Cl. The number of carbonyl (C=O) groups is 1. The maximum atomic E-state index is 13.0. The Morgan fingerprint density at radius 3 is 2.38 bits per heavy atom. The molecule has 0 aromatic heterocycles. The smallest absolute Gasteiger partial charge is 0.257 e. The number of benzene rings is 2. The summed E-state index contributed by atoms with van der Waals surface area (Å²) in [5.74, 6) is -0.515. The van der Waals surface area contributed by atoms with Crippen LogP contribution in [0.4, 0.5) is 5.69 Å². The molecule has 1 amide bonds. The Morgan fingerprint density at radius 2 is 1.65 bits per heavy atom. The van der Waals surface area contributed by atoms with E-state index in [2.05, 4.69) is 5.32 Å². The monoisotopic (exact) mass is 412 g/mol. The normalized spacial score (nSPS) is 15.6. The number of nitrogens with one attached hydrogen (secondary N) is 1. The number of hydrogen-bond acceptors (Lipinski definition) is 3. The second-order valence-electron chi connectivity index (χ2n) is 6.02. The van der Waals surface area contributed by atoms with Crippen molar-refractivity contribution in [3.63, 3.8) is 0 Å². The number of sulfonamides is 1. The van der Waals surface area contributed by atoms with Gasteiger partial charge in [-0.2, -0.15) is 4.31 Å². The zero-order chi connectivity index (χ0) is 18.7. The molecule has 1 aliphatic heterocycles. The molecule has 3 rings (SSSR count). The minimum absolute atomic E-state index is 0.0772. The van der Waals surface area contributed by atoms with Crippen molar-refractivity contribution < 1.29 is 13.2 Å². The number of amides is 1. The van der Waals surface area contributed by atoms with Crippen LogP contribution in [-0.2, 0) is 10.0 Å². The maximum Gasteiger partial charge on any atom is 0.257 e. The highest BCUT2D eigenvalue weighted by atomic mass is 35.5. The van der Waals surface area contributed by atoms with Gasteiger partial charge in [-0.1, -0.05) is 47.8 Å². The summed E-state index contributed by atoms with van der Waals surface area (Å²) in [5.41, 5.74) is 0.406. The highest BCUT2D eigenvalue weighted by molar-refractivity contribution is 7.89. The predicted molar refractivity (Wildman–Crippen MR) is 103 cm³/mol. The Balaban J connectivity index is 1.92. The lowest BCUT2D eigenvalue weighted by molar-refractivity contribution is 0.102. The Morgan fingerprint density at radius 1 is 0.962 bits per heavy atom. The first-order valence-electron chi connectivity index (χ1n) is 8.26. The van der Waals surface area contributed by atoms with Crippen LogP contribution in [0.2, 0.25) is 10.0 Å². The standard InChI is InChI=1S/C18H18Cl2N2O3S/c19-14-8-6-7-13(17(14)20)18(23)21-15-9-2-3-10-16(15)26(24,25)22-11-4-1-5-12-22/h2-3,6-10H,1,4-5,11-12H2,(H,21,23). The molecule has 138 valence electrons. The van der Waals surface area contributed by atoms with Crippen LogP contribution in [-0.4, -0.2) is 31.7 Å². The van der Waals surface area contributed by atoms with E-state index in [1.165, 1.54) is 16.4 Å². The van der Waals surface area contributed by atoms with E-state index in [4.69, 9.17) is 23.2 Å². The number of rotatable bonds is 4. The van der Waals surface area contributed by atoms with Gasteiger partial charge < -0.3 is 5.32 Å². The first-order valence-corrected chi connectivity index (χ1v) is 10.5. The number of nitrogens with zero attached hydrogens (tertiary/aromatic N) is 1. The molecule has 26 heavy (non-hydrogen) atoms. The molecule has 1 saturated heterocycles. The fraction of sp³-hybridized carbons (Fsp3) is 0.278.